The van der Waals surface area contributed by atoms with E-state index in [-0.39, 0.29) is 0 Å². The smallest absolute Gasteiger partial charge is 0.227 e. The monoisotopic (exact) mass is 312 g/mol. The Morgan fingerprint density at radius 3 is 2.39 bits per heavy atom. The van der Waals surface area contributed by atoms with Crippen LogP contribution in [-0.4, -0.2) is 30.1 Å². The van der Waals surface area contributed by atoms with Crippen molar-refractivity contribution in [3.8, 4) is 0 Å². The van der Waals surface area contributed by atoms with Gasteiger partial charge in [-0.25, -0.2) is 4.98 Å². The average molecular weight is 313 g/mol. The SMILES string of the molecule is CNc1nc(N2CCCCC2)nc(C(C)C)c1Br. The Morgan fingerprint density at radius 2 is 1.83 bits per heavy atom. The summed E-state index contributed by atoms with van der Waals surface area (Å²) in [6, 6.07) is 0. The number of piperidine rings is 1. The van der Waals surface area contributed by atoms with E-state index in [2.05, 4.69) is 45.0 Å². The summed E-state index contributed by atoms with van der Waals surface area (Å²) in [6.07, 6.45) is 3.81. The standard InChI is InChI=1S/C13H21BrN4/c1-9(2)11-10(14)12(15-3)17-13(16-11)18-7-5-4-6-8-18/h9H,4-8H2,1-3H3,(H,15,16,17). The summed E-state index contributed by atoms with van der Waals surface area (Å²) in [4.78, 5) is 11.6. The van der Waals surface area contributed by atoms with E-state index in [1.807, 2.05) is 7.05 Å². The minimum Gasteiger partial charge on any atom is -0.372 e. The largest absolute Gasteiger partial charge is 0.372 e. The summed E-state index contributed by atoms with van der Waals surface area (Å²) in [6.45, 7) is 6.46. The molecule has 1 aromatic heterocycles. The predicted octanol–water partition coefficient (Wildman–Crippen LogP) is 3.39. The topological polar surface area (TPSA) is 41.1 Å². The van der Waals surface area contributed by atoms with Crippen LogP contribution < -0.4 is 10.2 Å². The fraction of sp³-hybridized carbons (Fsp3) is 0.692. The van der Waals surface area contributed by atoms with E-state index < -0.39 is 0 Å². The quantitative estimate of drug-likeness (QED) is 0.928. The van der Waals surface area contributed by atoms with Gasteiger partial charge in [-0.05, 0) is 41.1 Å². The Hall–Kier alpha value is -0.840. The van der Waals surface area contributed by atoms with Crippen LogP contribution in [0.1, 0.15) is 44.7 Å². The van der Waals surface area contributed by atoms with E-state index in [0.29, 0.717) is 5.92 Å². The highest BCUT2D eigenvalue weighted by Crippen LogP contribution is 2.31. The fourth-order valence-corrected chi connectivity index (χ4v) is 3.07. The van der Waals surface area contributed by atoms with Crippen LogP contribution in [0.5, 0.6) is 0 Å². The van der Waals surface area contributed by atoms with E-state index in [1.165, 1.54) is 19.3 Å². The molecule has 2 rings (SSSR count). The number of hydrogen-bond acceptors (Lipinski definition) is 4. The van der Waals surface area contributed by atoms with Gasteiger partial charge in [0.05, 0.1) is 10.2 Å². The van der Waals surface area contributed by atoms with Crippen LogP contribution in [-0.2, 0) is 0 Å². The van der Waals surface area contributed by atoms with Crippen LogP contribution >= 0.6 is 15.9 Å². The molecule has 1 aliphatic heterocycles. The van der Waals surface area contributed by atoms with Gasteiger partial charge in [0.25, 0.3) is 0 Å². The molecule has 2 heterocycles. The van der Waals surface area contributed by atoms with Gasteiger partial charge in [0.1, 0.15) is 5.82 Å². The van der Waals surface area contributed by atoms with Gasteiger partial charge in [-0.15, -0.1) is 0 Å². The zero-order valence-corrected chi connectivity index (χ0v) is 12.9. The summed E-state index contributed by atoms with van der Waals surface area (Å²) < 4.78 is 0.987. The molecular formula is C13H21BrN4. The van der Waals surface area contributed by atoms with Crippen LogP contribution in [0.15, 0.2) is 4.47 Å². The van der Waals surface area contributed by atoms with E-state index in [4.69, 9.17) is 4.98 Å². The predicted molar refractivity (Wildman–Crippen MR) is 79.4 cm³/mol. The molecule has 0 atom stereocenters. The minimum atomic E-state index is 0.387. The second kappa shape index (κ2) is 5.87. The van der Waals surface area contributed by atoms with Gasteiger partial charge in [0.15, 0.2) is 0 Å². The second-order valence-electron chi connectivity index (χ2n) is 5.02. The first-order valence-corrected chi connectivity index (χ1v) is 7.43. The lowest BCUT2D eigenvalue weighted by Crippen LogP contribution is -2.31. The lowest BCUT2D eigenvalue weighted by molar-refractivity contribution is 0.566. The first-order chi connectivity index (χ1) is 8.63. The number of nitrogens with one attached hydrogen (secondary N) is 1. The molecule has 1 fully saturated rings. The molecule has 1 aliphatic rings. The average Bonchev–Trinajstić information content (AvgIpc) is 2.39. The molecule has 0 unspecified atom stereocenters. The van der Waals surface area contributed by atoms with Crippen molar-refractivity contribution in [3.05, 3.63) is 10.2 Å². The van der Waals surface area contributed by atoms with E-state index >= 15 is 0 Å². The number of nitrogens with zero attached hydrogens (tertiary/aromatic N) is 3. The van der Waals surface area contributed by atoms with E-state index in [1.54, 1.807) is 0 Å². The zero-order valence-electron chi connectivity index (χ0n) is 11.3. The lowest BCUT2D eigenvalue weighted by Gasteiger charge is -2.28. The van der Waals surface area contributed by atoms with Gasteiger partial charge < -0.3 is 10.2 Å². The first kappa shape index (κ1) is 13.6. The Balaban J connectivity index is 2.37. The van der Waals surface area contributed by atoms with Crippen LogP contribution in [0, 0.1) is 0 Å². The highest BCUT2D eigenvalue weighted by atomic mass is 79.9. The first-order valence-electron chi connectivity index (χ1n) is 6.63. The molecule has 5 heteroatoms. The summed E-state index contributed by atoms with van der Waals surface area (Å²) in [5.41, 5.74) is 1.08. The van der Waals surface area contributed by atoms with Crippen molar-refractivity contribution in [2.24, 2.45) is 0 Å². The molecule has 100 valence electrons. The summed E-state index contributed by atoms with van der Waals surface area (Å²) in [5, 5.41) is 3.15. The Morgan fingerprint density at radius 1 is 1.17 bits per heavy atom. The van der Waals surface area contributed by atoms with Gasteiger partial charge in [0, 0.05) is 20.1 Å². The fourth-order valence-electron chi connectivity index (χ4n) is 2.24. The van der Waals surface area contributed by atoms with Crippen molar-refractivity contribution in [3.63, 3.8) is 0 Å². The molecule has 0 radical (unpaired) electrons. The highest BCUT2D eigenvalue weighted by Gasteiger charge is 2.19. The number of rotatable bonds is 3. The molecule has 1 aromatic rings. The van der Waals surface area contributed by atoms with Crippen molar-refractivity contribution in [2.75, 3.05) is 30.4 Å². The summed E-state index contributed by atoms with van der Waals surface area (Å²) in [7, 11) is 1.90. The molecule has 0 bridgehead atoms. The van der Waals surface area contributed by atoms with E-state index in [0.717, 1.165) is 35.0 Å². The van der Waals surface area contributed by atoms with Crippen molar-refractivity contribution >= 4 is 27.7 Å². The molecule has 1 saturated heterocycles. The number of aromatic nitrogens is 2. The van der Waals surface area contributed by atoms with Crippen LogP contribution in [0.25, 0.3) is 0 Å². The second-order valence-corrected chi connectivity index (χ2v) is 5.82. The van der Waals surface area contributed by atoms with Gasteiger partial charge in [-0.3, -0.25) is 0 Å². The molecule has 1 N–H and O–H groups in total. The summed E-state index contributed by atoms with van der Waals surface area (Å²) in [5.74, 6) is 2.14. The molecule has 18 heavy (non-hydrogen) atoms. The van der Waals surface area contributed by atoms with Crippen LogP contribution in [0.3, 0.4) is 0 Å². The van der Waals surface area contributed by atoms with Crippen LogP contribution in [0.4, 0.5) is 11.8 Å². The van der Waals surface area contributed by atoms with Gasteiger partial charge in [-0.2, -0.15) is 4.98 Å². The number of hydrogen-bond donors (Lipinski definition) is 1. The molecule has 0 spiro atoms. The third-order valence-electron chi connectivity index (χ3n) is 3.29. The third-order valence-corrected chi connectivity index (χ3v) is 4.07. The minimum absolute atomic E-state index is 0.387. The Bertz CT molecular complexity index is 414. The Labute approximate surface area is 117 Å². The molecular weight excluding hydrogens is 292 g/mol. The molecule has 0 aliphatic carbocycles. The van der Waals surface area contributed by atoms with Crippen LogP contribution in [0.2, 0.25) is 0 Å². The van der Waals surface area contributed by atoms with Gasteiger partial charge >= 0.3 is 0 Å². The molecule has 4 nitrogen and oxygen atoms in total. The number of anilines is 2. The van der Waals surface area contributed by atoms with Crippen molar-refractivity contribution in [1.82, 2.24) is 9.97 Å². The Kier molecular flexibility index (Phi) is 4.43. The maximum absolute atomic E-state index is 4.73. The van der Waals surface area contributed by atoms with Crippen molar-refractivity contribution in [2.45, 2.75) is 39.0 Å². The lowest BCUT2D eigenvalue weighted by atomic mass is 10.1. The van der Waals surface area contributed by atoms with Crippen molar-refractivity contribution < 1.29 is 0 Å². The van der Waals surface area contributed by atoms with Crippen molar-refractivity contribution in [1.29, 1.82) is 0 Å². The summed E-state index contributed by atoms with van der Waals surface area (Å²) >= 11 is 3.59. The highest BCUT2D eigenvalue weighted by molar-refractivity contribution is 9.10. The zero-order chi connectivity index (χ0) is 13.1. The van der Waals surface area contributed by atoms with Gasteiger partial charge in [-0.1, -0.05) is 13.8 Å². The molecule has 0 amide bonds. The van der Waals surface area contributed by atoms with Gasteiger partial charge in [0.2, 0.25) is 5.95 Å². The maximum atomic E-state index is 4.73. The molecule has 0 aromatic carbocycles. The number of halogens is 1. The normalized spacial score (nSPS) is 16.2. The maximum Gasteiger partial charge on any atom is 0.227 e. The van der Waals surface area contributed by atoms with E-state index in [9.17, 15) is 0 Å². The third kappa shape index (κ3) is 2.76. The molecule has 0 saturated carbocycles.